The predicted molar refractivity (Wildman–Crippen MR) is 97.7 cm³/mol. The summed E-state index contributed by atoms with van der Waals surface area (Å²) in [5.41, 5.74) is 1.57. The molecule has 24 heavy (non-hydrogen) atoms. The molecule has 2 amide bonds. The molecule has 0 heterocycles. The lowest BCUT2D eigenvalue weighted by molar-refractivity contribution is -0.117. The summed E-state index contributed by atoms with van der Waals surface area (Å²) in [5.74, 6) is -0.0961. The molecule has 130 valence electrons. The van der Waals surface area contributed by atoms with Crippen LogP contribution in [0, 0.1) is 0 Å². The van der Waals surface area contributed by atoms with Gasteiger partial charge in [-0.05, 0) is 50.0 Å². The molecule has 4 nitrogen and oxygen atoms in total. The molecule has 1 aliphatic rings. The van der Waals surface area contributed by atoms with Crippen LogP contribution in [0.3, 0.4) is 0 Å². The first-order valence-corrected chi connectivity index (χ1v) is 8.98. The second-order valence-electron chi connectivity index (χ2n) is 6.61. The van der Waals surface area contributed by atoms with Crippen molar-refractivity contribution in [1.82, 2.24) is 10.6 Å². The SMILES string of the molecule is CCCCCC(C)NC(=O)/C=C/c1ccc(C(=O)NC2CC2)cc1. The molecule has 1 aromatic rings. The number of carbonyl (C=O) groups is 2. The number of unbranched alkanes of at least 4 members (excludes halogenated alkanes) is 2. The van der Waals surface area contributed by atoms with Gasteiger partial charge in [-0.15, -0.1) is 0 Å². The van der Waals surface area contributed by atoms with E-state index in [1.165, 1.54) is 12.8 Å². The van der Waals surface area contributed by atoms with Crippen LogP contribution in [0.5, 0.6) is 0 Å². The Morgan fingerprint density at radius 3 is 2.54 bits per heavy atom. The molecule has 0 saturated heterocycles. The molecule has 1 atom stereocenters. The highest BCUT2D eigenvalue weighted by Gasteiger charge is 2.23. The van der Waals surface area contributed by atoms with Crippen molar-refractivity contribution in [1.29, 1.82) is 0 Å². The summed E-state index contributed by atoms with van der Waals surface area (Å²) >= 11 is 0. The number of hydrogen-bond donors (Lipinski definition) is 2. The van der Waals surface area contributed by atoms with Crippen molar-refractivity contribution < 1.29 is 9.59 Å². The minimum Gasteiger partial charge on any atom is -0.350 e. The molecule has 0 radical (unpaired) electrons. The van der Waals surface area contributed by atoms with Gasteiger partial charge in [0, 0.05) is 23.7 Å². The zero-order chi connectivity index (χ0) is 17.4. The summed E-state index contributed by atoms with van der Waals surface area (Å²) in [6, 6.07) is 7.86. The highest BCUT2D eigenvalue weighted by Crippen LogP contribution is 2.19. The maximum Gasteiger partial charge on any atom is 0.251 e. The summed E-state index contributed by atoms with van der Waals surface area (Å²) < 4.78 is 0. The maximum atomic E-state index is 11.9. The van der Waals surface area contributed by atoms with Gasteiger partial charge in [0.2, 0.25) is 5.91 Å². The van der Waals surface area contributed by atoms with Crippen molar-refractivity contribution >= 4 is 17.9 Å². The van der Waals surface area contributed by atoms with Crippen LogP contribution in [-0.2, 0) is 4.79 Å². The number of carbonyl (C=O) groups excluding carboxylic acids is 2. The fourth-order valence-electron chi connectivity index (χ4n) is 2.48. The van der Waals surface area contributed by atoms with Gasteiger partial charge in [0.25, 0.3) is 5.91 Å². The van der Waals surface area contributed by atoms with Gasteiger partial charge in [-0.2, -0.15) is 0 Å². The molecule has 1 fully saturated rings. The van der Waals surface area contributed by atoms with E-state index in [4.69, 9.17) is 0 Å². The second-order valence-corrected chi connectivity index (χ2v) is 6.61. The van der Waals surface area contributed by atoms with Crippen LogP contribution < -0.4 is 10.6 Å². The zero-order valence-corrected chi connectivity index (χ0v) is 14.7. The first-order valence-electron chi connectivity index (χ1n) is 8.98. The predicted octanol–water partition coefficient (Wildman–Crippen LogP) is 3.68. The van der Waals surface area contributed by atoms with E-state index in [0.29, 0.717) is 11.6 Å². The number of hydrogen-bond acceptors (Lipinski definition) is 2. The van der Waals surface area contributed by atoms with Gasteiger partial charge in [0.15, 0.2) is 0 Å². The number of benzene rings is 1. The summed E-state index contributed by atoms with van der Waals surface area (Å²) in [4.78, 5) is 23.8. The Labute approximate surface area is 144 Å². The third kappa shape index (κ3) is 6.57. The van der Waals surface area contributed by atoms with Crippen molar-refractivity contribution in [3.63, 3.8) is 0 Å². The third-order valence-electron chi connectivity index (χ3n) is 4.14. The molecule has 0 spiro atoms. The molecule has 1 saturated carbocycles. The fraction of sp³-hybridized carbons (Fsp3) is 0.500. The van der Waals surface area contributed by atoms with Crippen LogP contribution in [0.1, 0.15) is 68.3 Å². The Morgan fingerprint density at radius 1 is 1.21 bits per heavy atom. The van der Waals surface area contributed by atoms with E-state index in [-0.39, 0.29) is 17.9 Å². The Kier molecular flexibility index (Phi) is 7.04. The van der Waals surface area contributed by atoms with E-state index in [9.17, 15) is 9.59 Å². The van der Waals surface area contributed by atoms with Gasteiger partial charge < -0.3 is 10.6 Å². The minimum atomic E-state index is -0.0745. The zero-order valence-electron chi connectivity index (χ0n) is 14.7. The summed E-state index contributed by atoms with van der Waals surface area (Å²) in [5, 5.41) is 5.94. The topological polar surface area (TPSA) is 58.2 Å². The third-order valence-corrected chi connectivity index (χ3v) is 4.14. The van der Waals surface area contributed by atoms with Gasteiger partial charge in [-0.1, -0.05) is 38.3 Å². The van der Waals surface area contributed by atoms with Crippen molar-refractivity contribution in [2.24, 2.45) is 0 Å². The minimum absolute atomic E-state index is 0.0216. The van der Waals surface area contributed by atoms with Crippen molar-refractivity contribution in [2.45, 2.75) is 64.5 Å². The number of amides is 2. The Hall–Kier alpha value is -2.10. The van der Waals surface area contributed by atoms with Gasteiger partial charge in [0.1, 0.15) is 0 Å². The first kappa shape index (κ1) is 18.2. The van der Waals surface area contributed by atoms with Gasteiger partial charge >= 0.3 is 0 Å². The standard InChI is InChI=1S/C20H28N2O2/c1-3-4-5-6-15(2)21-19(23)14-9-16-7-10-17(11-8-16)20(24)22-18-12-13-18/h7-11,14-15,18H,3-6,12-13H2,1-2H3,(H,21,23)(H,22,24)/b14-9+. The van der Waals surface area contributed by atoms with E-state index in [2.05, 4.69) is 17.6 Å². The smallest absolute Gasteiger partial charge is 0.251 e. The summed E-state index contributed by atoms with van der Waals surface area (Å²) in [7, 11) is 0. The normalized spacial score (nSPS) is 15.2. The Morgan fingerprint density at radius 2 is 1.92 bits per heavy atom. The van der Waals surface area contributed by atoms with E-state index in [1.807, 2.05) is 19.1 Å². The molecule has 0 aromatic heterocycles. The molecule has 4 heteroatoms. The van der Waals surface area contributed by atoms with Crippen molar-refractivity contribution in [3.8, 4) is 0 Å². The van der Waals surface area contributed by atoms with Gasteiger partial charge in [-0.3, -0.25) is 9.59 Å². The van der Waals surface area contributed by atoms with Crippen molar-refractivity contribution in [2.75, 3.05) is 0 Å². The molecule has 1 aliphatic carbocycles. The fourth-order valence-corrected chi connectivity index (χ4v) is 2.48. The molecule has 1 unspecified atom stereocenters. The highest BCUT2D eigenvalue weighted by molar-refractivity contribution is 5.95. The average molecular weight is 328 g/mol. The van der Waals surface area contributed by atoms with Crippen LogP contribution in [0.4, 0.5) is 0 Å². The number of nitrogens with one attached hydrogen (secondary N) is 2. The van der Waals surface area contributed by atoms with E-state index in [0.717, 1.165) is 31.2 Å². The summed E-state index contributed by atoms with van der Waals surface area (Å²) in [6.07, 6.45) is 10.0. The maximum absolute atomic E-state index is 11.9. The lowest BCUT2D eigenvalue weighted by Crippen LogP contribution is -2.30. The lowest BCUT2D eigenvalue weighted by Gasteiger charge is -2.11. The van der Waals surface area contributed by atoms with Crippen LogP contribution in [-0.4, -0.2) is 23.9 Å². The van der Waals surface area contributed by atoms with Crippen LogP contribution in [0.15, 0.2) is 30.3 Å². The molecular formula is C20H28N2O2. The largest absolute Gasteiger partial charge is 0.350 e. The Bertz CT molecular complexity index is 574. The van der Waals surface area contributed by atoms with Gasteiger partial charge in [0.05, 0.1) is 0 Å². The van der Waals surface area contributed by atoms with E-state index < -0.39 is 0 Å². The van der Waals surface area contributed by atoms with Crippen LogP contribution in [0.2, 0.25) is 0 Å². The number of rotatable bonds is 9. The van der Waals surface area contributed by atoms with Crippen LogP contribution in [0.25, 0.3) is 6.08 Å². The quantitative estimate of drug-likeness (QED) is 0.537. The lowest BCUT2D eigenvalue weighted by atomic mass is 10.1. The average Bonchev–Trinajstić information content (AvgIpc) is 3.37. The van der Waals surface area contributed by atoms with Gasteiger partial charge in [-0.25, -0.2) is 0 Å². The Balaban J connectivity index is 1.78. The highest BCUT2D eigenvalue weighted by atomic mass is 16.2. The van der Waals surface area contributed by atoms with E-state index in [1.54, 1.807) is 24.3 Å². The molecule has 2 rings (SSSR count). The molecule has 0 bridgehead atoms. The summed E-state index contributed by atoms with van der Waals surface area (Å²) in [6.45, 7) is 4.21. The second kappa shape index (κ2) is 9.26. The van der Waals surface area contributed by atoms with Crippen molar-refractivity contribution in [3.05, 3.63) is 41.5 Å². The molecule has 0 aliphatic heterocycles. The first-order chi connectivity index (χ1) is 11.6. The van der Waals surface area contributed by atoms with Crippen LogP contribution >= 0.6 is 0 Å². The molecular weight excluding hydrogens is 300 g/mol. The molecule has 2 N–H and O–H groups in total. The monoisotopic (exact) mass is 328 g/mol. The van der Waals surface area contributed by atoms with E-state index >= 15 is 0 Å². The molecule has 1 aromatic carbocycles.